The first-order valence-corrected chi connectivity index (χ1v) is 8.82. The number of benzene rings is 2. The highest BCUT2D eigenvalue weighted by Crippen LogP contribution is 2.41. The Kier molecular flexibility index (Phi) is 5.59. The van der Waals surface area contributed by atoms with Crippen molar-refractivity contribution in [2.24, 2.45) is 0 Å². The summed E-state index contributed by atoms with van der Waals surface area (Å²) < 4.78 is 16.3. The van der Waals surface area contributed by atoms with Crippen LogP contribution in [0.15, 0.2) is 36.4 Å². The topological polar surface area (TPSA) is 65.0 Å². The average molecular weight is 356 g/mol. The molecule has 0 aromatic heterocycles. The lowest BCUT2D eigenvalue weighted by atomic mass is 9.93. The van der Waals surface area contributed by atoms with Crippen molar-refractivity contribution in [3.05, 3.63) is 64.2 Å². The third-order valence-electron chi connectivity index (χ3n) is 4.46. The fourth-order valence-corrected chi connectivity index (χ4v) is 3.27. The van der Waals surface area contributed by atoms with E-state index >= 15 is 0 Å². The van der Waals surface area contributed by atoms with Crippen LogP contribution in [0.3, 0.4) is 0 Å². The minimum atomic E-state index is -0.932. The van der Waals surface area contributed by atoms with Gasteiger partial charge in [-0.15, -0.1) is 0 Å². The number of carbonyl (C=O) groups excluding carboxylic acids is 1. The van der Waals surface area contributed by atoms with Crippen LogP contribution in [0.25, 0.3) is 0 Å². The van der Waals surface area contributed by atoms with Gasteiger partial charge in [-0.25, -0.2) is 4.79 Å². The molecule has 26 heavy (non-hydrogen) atoms. The monoisotopic (exact) mass is 356 g/mol. The summed E-state index contributed by atoms with van der Waals surface area (Å²) in [7, 11) is 0. The first-order valence-electron chi connectivity index (χ1n) is 8.82. The Morgan fingerprint density at radius 1 is 1.15 bits per heavy atom. The van der Waals surface area contributed by atoms with E-state index in [-0.39, 0.29) is 5.97 Å². The molecular formula is C21H24O5. The summed E-state index contributed by atoms with van der Waals surface area (Å²) in [5, 5.41) is 10.8. The Morgan fingerprint density at radius 2 is 1.88 bits per heavy atom. The predicted octanol–water partition coefficient (Wildman–Crippen LogP) is 3.66. The number of ether oxygens (including phenoxy) is 3. The molecule has 3 rings (SSSR count). The number of hydrogen-bond acceptors (Lipinski definition) is 5. The van der Waals surface area contributed by atoms with Crippen molar-refractivity contribution in [2.75, 3.05) is 19.8 Å². The summed E-state index contributed by atoms with van der Waals surface area (Å²) in [4.78, 5) is 12.2. The first kappa shape index (κ1) is 18.4. The summed E-state index contributed by atoms with van der Waals surface area (Å²) in [6, 6.07) is 11.0. The van der Waals surface area contributed by atoms with E-state index in [0.717, 1.165) is 16.7 Å². The quantitative estimate of drug-likeness (QED) is 0.606. The number of aliphatic hydroxyl groups excluding tert-OH is 1. The molecule has 138 valence electrons. The van der Waals surface area contributed by atoms with Gasteiger partial charge in [0.2, 0.25) is 0 Å². The van der Waals surface area contributed by atoms with Gasteiger partial charge in [-0.3, -0.25) is 0 Å². The summed E-state index contributed by atoms with van der Waals surface area (Å²) in [5.74, 6) is 0.327. The minimum absolute atomic E-state index is 0.377. The number of cyclic esters (lactones) is 1. The highest BCUT2D eigenvalue weighted by molar-refractivity contribution is 5.95. The van der Waals surface area contributed by atoms with Crippen molar-refractivity contribution >= 4 is 5.97 Å². The third-order valence-corrected chi connectivity index (χ3v) is 4.46. The zero-order valence-corrected chi connectivity index (χ0v) is 15.3. The second-order valence-electron chi connectivity index (χ2n) is 6.43. The number of esters is 1. The van der Waals surface area contributed by atoms with Crippen molar-refractivity contribution in [3.63, 3.8) is 0 Å². The molecule has 2 atom stereocenters. The first-order chi connectivity index (χ1) is 12.5. The molecule has 0 aliphatic carbocycles. The molecule has 0 amide bonds. The van der Waals surface area contributed by atoms with Crippen LogP contribution in [0, 0.1) is 13.8 Å². The Bertz CT molecular complexity index is 782. The second kappa shape index (κ2) is 7.89. The van der Waals surface area contributed by atoms with E-state index in [0.29, 0.717) is 36.7 Å². The summed E-state index contributed by atoms with van der Waals surface area (Å²) in [6.07, 6.45) is -1.63. The molecule has 2 aromatic rings. The number of carbonyl (C=O) groups is 1. The van der Waals surface area contributed by atoms with E-state index in [2.05, 4.69) is 0 Å². The van der Waals surface area contributed by atoms with Crippen molar-refractivity contribution < 1.29 is 24.1 Å². The lowest BCUT2D eigenvalue weighted by Gasteiger charge is -2.19. The molecule has 1 aliphatic heterocycles. The smallest absolute Gasteiger partial charge is 0.339 e. The fraction of sp³-hybridized carbons (Fsp3) is 0.381. The van der Waals surface area contributed by atoms with Gasteiger partial charge < -0.3 is 19.3 Å². The van der Waals surface area contributed by atoms with E-state index in [9.17, 15) is 9.90 Å². The predicted molar refractivity (Wildman–Crippen MR) is 97.5 cm³/mol. The lowest BCUT2D eigenvalue weighted by molar-refractivity contribution is -0.0103. The SMILES string of the molecule is CCOCCOc1ccc(C(O)C2OC(=O)c3c(C)cc(C)cc32)cc1. The summed E-state index contributed by atoms with van der Waals surface area (Å²) in [5.41, 5.74) is 3.90. The van der Waals surface area contributed by atoms with E-state index in [4.69, 9.17) is 14.2 Å². The maximum Gasteiger partial charge on any atom is 0.339 e. The lowest BCUT2D eigenvalue weighted by Crippen LogP contribution is -2.11. The molecule has 0 fully saturated rings. The maximum atomic E-state index is 12.2. The number of aryl methyl sites for hydroxylation is 2. The number of aliphatic hydroxyl groups is 1. The molecule has 5 heteroatoms. The van der Waals surface area contributed by atoms with Crippen LogP contribution in [0.1, 0.15) is 51.7 Å². The van der Waals surface area contributed by atoms with Crippen molar-refractivity contribution in [3.8, 4) is 5.75 Å². The van der Waals surface area contributed by atoms with Gasteiger partial charge in [0.05, 0.1) is 12.2 Å². The van der Waals surface area contributed by atoms with Crippen LogP contribution in [0.2, 0.25) is 0 Å². The van der Waals surface area contributed by atoms with Crippen molar-refractivity contribution in [2.45, 2.75) is 33.0 Å². The van der Waals surface area contributed by atoms with Crippen LogP contribution in [0.5, 0.6) is 5.75 Å². The van der Waals surface area contributed by atoms with Gasteiger partial charge in [0.25, 0.3) is 0 Å². The van der Waals surface area contributed by atoms with Crippen molar-refractivity contribution in [1.29, 1.82) is 0 Å². The van der Waals surface area contributed by atoms with Crippen LogP contribution < -0.4 is 4.74 Å². The Morgan fingerprint density at radius 3 is 2.58 bits per heavy atom. The Hall–Kier alpha value is -2.37. The molecule has 0 saturated carbocycles. The van der Waals surface area contributed by atoms with E-state index in [1.165, 1.54) is 0 Å². The van der Waals surface area contributed by atoms with Gasteiger partial charge >= 0.3 is 5.97 Å². The number of rotatable bonds is 7. The van der Waals surface area contributed by atoms with Gasteiger partial charge in [-0.1, -0.05) is 29.8 Å². The van der Waals surface area contributed by atoms with Gasteiger partial charge in [0.1, 0.15) is 18.5 Å². The molecule has 0 saturated heterocycles. The van der Waals surface area contributed by atoms with E-state index in [1.54, 1.807) is 24.3 Å². The minimum Gasteiger partial charge on any atom is -0.491 e. The molecule has 2 unspecified atom stereocenters. The number of fused-ring (bicyclic) bond motifs is 1. The maximum absolute atomic E-state index is 12.2. The third kappa shape index (κ3) is 3.74. The second-order valence-corrected chi connectivity index (χ2v) is 6.43. The summed E-state index contributed by atoms with van der Waals surface area (Å²) >= 11 is 0. The normalized spacial score (nSPS) is 16.9. The standard InChI is InChI=1S/C21H24O5/c1-4-24-9-10-25-16-7-5-15(6-8-16)19(22)20-17-12-13(2)11-14(3)18(17)21(23)26-20/h5-8,11-12,19-20,22H,4,9-10H2,1-3H3. The van der Waals surface area contributed by atoms with Crippen LogP contribution in [-0.4, -0.2) is 30.9 Å². The molecule has 0 spiro atoms. The van der Waals surface area contributed by atoms with Crippen LogP contribution in [0.4, 0.5) is 0 Å². The van der Waals surface area contributed by atoms with Crippen LogP contribution in [-0.2, 0) is 9.47 Å². The average Bonchev–Trinajstić information content (AvgIpc) is 2.95. The van der Waals surface area contributed by atoms with E-state index in [1.807, 2.05) is 32.9 Å². The zero-order valence-electron chi connectivity index (χ0n) is 15.3. The Balaban J connectivity index is 1.75. The highest BCUT2D eigenvalue weighted by Gasteiger charge is 2.37. The van der Waals surface area contributed by atoms with E-state index < -0.39 is 12.2 Å². The van der Waals surface area contributed by atoms with Gasteiger partial charge in [0.15, 0.2) is 6.10 Å². The molecular weight excluding hydrogens is 332 g/mol. The van der Waals surface area contributed by atoms with Gasteiger partial charge in [-0.05, 0) is 44.0 Å². The molecule has 1 N–H and O–H groups in total. The van der Waals surface area contributed by atoms with Crippen molar-refractivity contribution in [1.82, 2.24) is 0 Å². The molecule has 2 aromatic carbocycles. The highest BCUT2D eigenvalue weighted by atomic mass is 16.6. The largest absolute Gasteiger partial charge is 0.491 e. The Labute approximate surface area is 153 Å². The molecule has 0 bridgehead atoms. The van der Waals surface area contributed by atoms with Gasteiger partial charge in [-0.2, -0.15) is 0 Å². The molecule has 1 heterocycles. The zero-order chi connectivity index (χ0) is 18.7. The molecule has 5 nitrogen and oxygen atoms in total. The van der Waals surface area contributed by atoms with Gasteiger partial charge in [0, 0.05) is 12.2 Å². The number of hydrogen-bond donors (Lipinski definition) is 1. The molecule has 0 radical (unpaired) electrons. The molecule has 1 aliphatic rings. The summed E-state index contributed by atoms with van der Waals surface area (Å²) in [6.45, 7) is 7.46. The fourth-order valence-electron chi connectivity index (χ4n) is 3.27. The van der Waals surface area contributed by atoms with Crippen LogP contribution >= 0.6 is 0 Å².